The first-order valence-electron chi connectivity index (χ1n) is 8.72. The number of fused-ring (bicyclic) bond motifs is 1. The Bertz CT molecular complexity index is 550. The van der Waals surface area contributed by atoms with Gasteiger partial charge in [0, 0.05) is 0 Å². The molecular formula is C20H26Si. The number of hydrogen-bond acceptors (Lipinski definition) is 0. The maximum Gasteiger partial charge on any atom is 0.0906 e. The van der Waals surface area contributed by atoms with E-state index < -0.39 is 8.07 Å². The molecule has 4 atom stereocenters. The molecule has 1 saturated carbocycles. The molecule has 0 N–H and O–H groups in total. The molecule has 2 aliphatic carbocycles. The van der Waals surface area contributed by atoms with E-state index in [1.165, 1.54) is 31.4 Å². The zero-order valence-corrected chi connectivity index (χ0v) is 14.0. The normalized spacial score (nSPS) is 36.8. The van der Waals surface area contributed by atoms with Gasteiger partial charge in [0.05, 0.1) is 8.07 Å². The Kier molecular flexibility index (Phi) is 3.41. The number of hydrogen-bond donors (Lipinski definition) is 0. The fourth-order valence-corrected chi connectivity index (χ4v) is 12.6. The van der Waals surface area contributed by atoms with E-state index in [9.17, 15) is 0 Å². The third kappa shape index (κ3) is 2.09. The van der Waals surface area contributed by atoms with Crippen LogP contribution < -0.4 is 5.19 Å². The summed E-state index contributed by atoms with van der Waals surface area (Å²) in [6.45, 7) is 2.54. The third-order valence-corrected chi connectivity index (χ3v) is 12.7. The molecule has 0 amide bonds. The average Bonchev–Trinajstić information content (AvgIpc) is 3.12. The Morgan fingerprint density at radius 2 is 1.67 bits per heavy atom. The molecule has 1 saturated heterocycles. The van der Waals surface area contributed by atoms with E-state index >= 15 is 0 Å². The van der Waals surface area contributed by atoms with Crippen molar-refractivity contribution >= 4 is 13.3 Å². The standard InChI is InChI=1S/C20H26Si/c1-16-15-17-9-5-6-12-19(17)20(16)21(13-7-8-14-21)18-10-3-2-4-11-18/h2-6,9-12,16-17,19-20H,7-8,13-15H2,1H3. The highest BCUT2D eigenvalue weighted by molar-refractivity contribution is 6.93. The Labute approximate surface area is 130 Å². The van der Waals surface area contributed by atoms with Gasteiger partial charge in [-0.2, -0.15) is 0 Å². The summed E-state index contributed by atoms with van der Waals surface area (Å²) in [5, 5.41) is 1.75. The van der Waals surface area contributed by atoms with Crippen LogP contribution in [0, 0.1) is 17.8 Å². The molecule has 1 aromatic carbocycles. The molecule has 1 aliphatic heterocycles. The van der Waals surface area contributed by atoms with Crippen molar-refractivity contribution in [1.82, 2.24) is 0 Å². The summed E-state index contributed by atoms with van der Waals surface area (Å²) in [4.78, 5) is 0. The molecule has 4 rings (SSSR count). The van der Waals surface area contributed by atoms with Crippen LogP contribution >= 0.6 is 0 Å². The van der Waals surface area contributed by atoms with E-state index in [4.69, 9.17) is 0 Å². The van der Waals surface area contributed by atoms with E-state index in [0.717, 1.165) is 23.3 Å². The molecule has 1 heterocycles. The molecule has 0 radical (unpaired) electrons. The minimum Gasteiger partial charge on any atom is -0.0808 e. The summed E-state index contributed by atoms with van der Waals surface area (Å²) < 4.78 is 0. The molecule has 0 spiro atoms. The first kappa shape index (κ1) is 13.6. The average molecular weight is 295 g/mol. The zero-order chi connectivity index (χ0) is 14.3. The van der Waals surface area contributed by atoms with Crippen LogP contribution in [0.2, 0.25) is 17.6 Å². The first-order chi connectivity index (χ1) is 10.3. The Morgan fingerprint density at radius 3 is 2.43 bits per heavy atom. The van der Waals surface area contributed by atoms with Crippen LogP contribution in [0.5, 0.6) is 0 Å². The fourth-order valence-electron chi connectivity index (χ4n) is 5.75. The van der Waals surface area contributed by atoms with Gasteiger partial charge in [0.2, 0.25) is 0 Å². The van der Waals surface area contributed by atoms with E-state index in [2.05, 4.69) is 61.6 Å². The number of benzene rings is 1. The van der Waals surface area contributed by atoms with E-state index in [-0.39, 0.29) is 0 Å². The van der Waals surface area contributed by atoms with Gasteiger partial charge in [-0.1, -0.05) is 91.7 Å². The summed E-state index contributed by atoms with van der Waals surface area (Å²) in [5.74, 6) is 2.55. The molecule has 2 fully saturated rings. The second-order valence-corrected chi connectivity index (χ2v) is 12.0. The highest BCUT2D eigenvalue weighted by atomic mass is 28.3. The lowest BCUT2D eigenvalue weighted by Crippen LogP contribution is -2.52. The minimum atomic E-state index is -1.33. The van der Waals surface area contributed by atoms with Crippen molar-refractivity contribution in [2.75, 3.05) is 0 Å². The first-order valence-corrected chi connectivity index (χ1v) is 11.2. The topological polar surface area (TPSA) is 0 Å². The van der Waals surface area contributed by atoms with Gasteiger partial charge < -0.3 is 0 Å². The molecule has 0 nitrogen and oxygen atoms in total. The molecule has 3 aliphatic rings. The zero-order valence-electron chi connectivity index (χ0n) is 13.0. The Morgan fingerprint density at radius 1 is 0.952 bits per heavy atom. The summed E-state index contributed by atoms with van der Waals surface area (Å²) in [6, 6.07) is 14.7. The second-order valence-electron chi connectivity index (χ2n) is 7.48. The molecule has 1 aromatic rings. The van der Waals surface area contributed by atoms with Gasteiger partial charge in [-0.15, -0.1) is 0 Å². The van der Waals surface area contributed by atoms with Crippen LogP contribution in [0.4, 0.5) is 0 Å². The van der Waals surface area contributed by atoms with E-state index in [1.807, 2.05) is 0 Å². The van der Waals surface area contributed by atoms with Gasteiger partial charge in [0.25, 0.3) is 0 Å². The highest BCUT2D eigenvalue weighted by Crippen LogP contribution is 2.56. The van der Waals surface area contributed by atoms with E-state index in [0.29, 0.717) is 0 Å². The summed E-state index contributed by atoms with van der Waals surface area (Å²) in [7, 11) is -1.33. The van der Waals surface area contributed by atoms with Gasteiger partial charge in [0.1, 0.15) is 0 Å². The van der Waals surface area contributed by atoms with Crippen molar-refractivity contribution in [3.05, 3.63) is 54.6 Å². The predicted molar refractivity (Wildman–Crippen MR) is 93.5 cm³/mol. The molecule has 0 aromatic heterocycles. The van der Waals surface area contributed by atoms with Gasteiger partial charge in [-0.05, 0) is 29.7 Å². The van der Waals surface area contributed by atoms with Crippen LogP contribution in [0.25, 0.3) is 0 Å². The maximum absolute atomic E-state index is 2.55. The Balaban J connectivity index is 1.78. The van der Waals surface area contributed by atoms with Crippen LogP contribution in [-0.4, -0.2) is 8.07 Å². The molecule has 4 unspecified atom stereocenters. The smallest absolute Gasteiger partial charge is 0.0808 e. The van der Waals surface area contributed by atoms with E-state index in [1.54, 1.807) is 5.19 Å². The van der Waals surface area contributed by atoms with Gasteiger partial charge >= 0.3 is 0 Å². The van der Waals surface area contributed by atoms with Crippen LogP contribution in [-0.2, 0) is 0 Å². The lowest BCUT2D eigenvalue weighted by molar-refractivity contribution is 0.542. The van der Waals surface area contributed by atoms with Crippen LogP contribution in [0.1, 0.15) is 26.2 Å². The predicted octanol–water partition coefficient (Wildman–Crippen LogP) is 4.90. The summed E-state index contributed by atoms with van der Waals surface area (Å²) >= 11 is 0. The van der Waals surface area contributed by atoms with Crippen molar-refractivity contribution in [3.63, 3.8) is 0 Å². The van der Waals surface area contributed by atoms with Crippen molar-refractivity contribution in [2.24, 2.45) is 17.8 Å². The maximum atomic E-state index is 2.55. The van der Waals surface area contributed by atoms with Gasteiger partial charge in [0.15, 0.2) is 0 Å². The van der Waals surface area contributed by atoms with Crippen molar-refractivity contribution < 1.29 is 0 Å². The number of rotatable bonds is 2. The SMILES string of the molecule is CC1CC2C=CC=CC2C1[Si]1(c2ccccc2)CCCC1. The van der Waals surface area contributed by atoms with Gasteiger partial charge in [-0.25, -0.2) is 0 Å². The van der Waals surface area contributed by atoms with Gasteiger partial charge in [-0.3, -0.25) is 0 Å². The molecule has 1 heteroatoms. The van der Waals surface area contributed by atoms with Crippen LogP contribution in [0.3, 0.4) is 0 Å². The van der Waals surface area contributed by atoms with Crippen molar-refractivity contribution in [1.29, 1.82) is 0 Å². The van der Waals surface area contributed by atoms with Crippen molar-refractivity contribution in [2.45, 2.75) is 43.8 Å². The lowest BCUT2D eigenvalue weighted by atomic mass is 9.92. The third-order valence-electron chi connectivity index (χ3n) is 6.45. The molecule has 21 heavy (non-hydrogen) atoms. The second kappa shape index (κ2) is 5.28. The van der Waals surface area contributed by atoms with Crippen molar-refractivity contribution in [3.8, 4) is 0 Å². The molecule has 0 bridgehead atoms. The lowest BCUT2D eigenvalue weighted by Gasteiger charge is -2.40. The highest BCUT2D eigenvalue weighted by Gasteiger charge is 2.53. The number of allylic oxidation sites excluding steroid dienone is 4. The molecule has 110 valence electrons. The summed E-state index contributed by atoms with van der Waals surface area (Å²) in [5.41, 5.74) is 0.966. The summed E-state index contributed by atoms with van der Waals surface area (Å²) in [6.07, 6.45) is 14.0. The van der Waals surface area contributed by atoms with Crippen LogP contribution in [0.15, 0.2) is 54.6 Å². The molecular weight excluding hydrogens is 268 g/mol. The Hall–Kier alpha value is -1.08. The minimum absolute atomic E-state index is 0.823. The quantitative estimate of drug-likeness (QED) is 0.680. The monoisotopic (exact) mass is 294 g/mol. The largest absolute Gasteiger partial charge is 0.0906 e. The fraction of sp³-hybridized carbons (Fsp3) is 0.500.